The standard InChI is InChI=1S/C13H11N3OS/c1-2-10-8-15-13(18-10)16-12(17)11-6-4-3-5-9(11)7-14/h3-6,8H,2H2,1H3,(H,15,16,17). The Morgan fingerprint density at radius 1 is 1.50 bits per heavy atom. The van der Waals surface area contributed by atoms with Crippen molar-refractivity contribution in [3.8, 4) is 6.07 Å². The molecule has 0 aliphatic heterocycles. The molecular weight excluding hydrogens is 246 g/mol. The number of carbonyl (C=O) groups excluding carboxylic acids is 1. The molecule has 2 rings (SSSR count). The van der Waals surface area contributed by atoms with Crippen molar-refractivity contribution in [2.75, 3.05) is 5.32 Å². The molecule has 1 heterocycles. The topological polar surface area (TPSA) is 65.8 Å². The third kappa shape index (κ3) is 2.55. The normalized spacial score (nSPS) is 9.78. The van der Waals surface area contributed by atoms with Crippen LogP contribution in [0.2, 0.25) is 0 Å². The van der Waals surface area contributed by atoms with E-state index in [9.17, 15) is 4.79 Å². The summed E-state index contributed by atoms with van der Waals surface area (Å²) in [5, 5.41) is 12.2. The molecule has 0 saturated heterocycles. The minimum atomic E-state index is -0.302. The second-order valence-corrected chi connectivity index (χ2v) is 4.71. The molecular formula is C13H11N3OS. The maximum atomic E-state index is 12.0. The molecule has 0 radical (unpaired) electrons. The SMILES string of the molecule is CCc1cnc(NC(=O)c2ccccc2C#N)s1. The van der Waals surface area contributed by atoms with Gasteiger partial charge in [0.15, 0.2) is 5.13 Å². The van der Waals surface area contributed by atoms with E-state index in [1.165, 1.54) is 11.3 Å². The number of aryl methyl sites for hydroxylation is 1. The van der Waals surface area contributed by atoms with Gasteiger partial charge in [0, 0.05) is 11.1 Å². The molecule has 4 nitrogen and oxygen atoms in total. The number of hydrogen-bond donors (Lipinski definition) is 1. The number of nitrogens with zero attached hydrogens (tertiary/aromatic N) is 2. The van der Waals surface area contributed by atoms with Gasteiger partial charge in [0.25, 0.3) is 5.91 Å². The number of anilines is 1. The lowest BCUT2D eigenvalue weighted by molar-refractivity contribution is 0.102. The van der Waals surface area contributed by atoms with E-state index >= 15 is 0 Å². The number of nitrogens with one attached hydrogen (secondary N) is 1. The quantitative estimate of drug-likeness (QED) is 0.919. The summed E-state index contributed by atoms with van der Waals surface area (Å²) in [7, 11) is 0. The van der Waals surface area contributed by atoms with Crippen LogP contribution in [0.5, 0.6) is 0 Å². The largest absolute Gasteiger partial charge is 0.298 e. The van der Waals surface area contributed by atoms with Gasteiger partial charge >= 0.3 is 0 Å². The molecule has 1 aromatic carbocycles. The van der Waals surface area contributed by atoms with Gasteiger partial charge in [0.05, 0.1) is 17.2 Å². The molecule has 5 heteroatoms. The van der Waals surface area contributed by atoms with Gasteiger partial charge in [-0.2, -0.15) is 5.26 Å². The first kappa shape index (κ1) is 12.3. The maximum absolute atomic E-state index is 12.0. The van der Waals surface area contributed by atoms with Crippen LogP contribution in [-0.2, 0) is 6.42 Å². The number of amides is 1. The van der Waals surface area contributed by atoms with Gasteiger partial charge in [-0.25, -0.2) is 4.98 Å². The lowest BCUT2D eigenvalue weighted by Gasteiger charge is -2.02. The maximum Gasteiger partial charge on any atom is 0.258 e. The summed E-state index contributed by atoms with van der Waals surface area (Å²) in [6.07, 6.45) is 2.64. The summed E-state index contributed by atoms with van der Waals surface area (Å²) in [5.41, 5.74) is 0.732. The number of thiazole rings is 1. The number of rotatable bonds is 3. The highest BCUT2D eigenvalue weighted by molar-refractivity contribution is 7.15. The van der Waals surface area contributed by atoms with E-state index in [1.807, 2.05) is 13.0 Å². The summed E-state index contributed by atoms with van der Waals surface area (Å²) >= 11 is 1.44. The van der Waals surface area contributed by atoms with Gasteiger partial charge < -0.3 is 0 Å². The third-order valence-corrected chi connectivity index (χ3v) is 3.47. The molecule has 0 aliphatic rings. The van der Waals surface area contributed by atoms with Crippen molar-refractivity contribution in [2.24, 2.45) is 0 Å². The third-order valence-electron chi connectivity index (χ3n) is 2.41. The fraction of sp³-hybridized carbons (Fsp3) is 0.154. The van der Waals surface area contributed by atoms with Gasteiger partial charge in [0.1, 0.15) is 0 Å². The van der Waals surface area contributed by atoms with Crippen molar-refractivity contribution in [3.63, 3.8) is 0 Å². The van der Waals surface area contributed by atoms with Crippen molar-refractivity contribution in [2.45, 2.75) is 13.3 Å². The molecule has 0 saturated carbocycles. The van der Waals surface area contributed by atoms with Gasteiger partial charge in [-0.15, -0.1) is 11.3 Å². The smallest absolute Gasteiger partial charge is 0.258 e. The Kier molecular flexibility index (Phi) is 3.70. The molecule has 0 bridgehead atoms. The van der Waals surface area contributed by atoms with Crippen molar-refractivity contribution >= 4 is 22.4 Å². The molecule has 2 aromatic rings. The molecule has 0 aliphatic carbocycles. The molecule has 1 amide bonds. The van der Waals surface area contributed by atoms with E-state index in [-0.39, 0.29) is 5.91 Å². The van der Waals surface area contributed by atoms with Crippen LogP contribution in [0.25, 0.3) is 0 Å². The van der Waals surface area contributed by atoms with Crippen LogP contribution >= 0.6 is 11.3 Å². The Morgan fingerprint density at radius 3 is 2.94 bits per heavy atom. The van der Waals surface area contributed by atoms with Gasteiger partial charge in [0.2, 0.25) is 0 Å². The van der Waals surface area contributed by atoms with Crippen LogP contribution in [0.4, 0.5) is 5.13 Å². The van der Waals surface area contributed by atoms with Crippen LogP contribution < -0.4 is 5.32 Å². The van der Waals surface area contributed by atoms with Crippen LogP contribution in [0, 0.1) is 11.3 Å². The van der Waals surface area contributed by atoms with E-state index in [0.717, 1.165) is 11.3 Å². The van der Waals surface area contributed by atoms with Crippen molar-refractivity contribution < 1.29 is 4.79 Å². The zero-order valence-electron chi connectivity index (χ0n) is 9.80. The predicted octanol–water partition coefficient (Wildman–Crippen LogP) is 2.83. The first-order valence-corrected chi connectivity index (χ1v) is 6.31. The minimum absolute atomic E-state index is 0.302. The molecule has 0 unspecified atom stereocenters. The highest BCUT2D eigenvalue weighted by atomic mass is 32.1. The highest BCUT2D eigenvalue weighted by Gasteiger charge is 2.12. The van der Waals surface area contributed by atoms with Crippen molar-refractivity contribution in [3.05, 3.63) is 46.5 Å². The predicted molar refractivity (Wildman–Crippen MR) is 70.6 cm³/mol. The monoisotopic (exact) mass is 257 g/mol. The molecule has 90 valence electrons. The van der Waals surface area contributed by atoms with Crippen molar-refractivity contribution in [1.29, 1.82) is 5.26 Å². The molecule has 1 N–H and O–H groups in total. The zero-order valence-corrected chi connectivity index (χ0v) is 10.6. The Hall–Kier alpha value is -2.19. The average molecular weight is 257 g/mol. The summed E-state index contributed by atoms with van der Waals surface area (Å²) in [4.78, 5) is 17.2. The number of aromatic nitrogens is 1. The Labute approximate surface area is 109 Å². The fourth-order valence-corrected chi connectivity index (χ4v) is 2.22. The summed E-state index contributed by atoms with van der Waals surface area (Å²) in [6.45, 7) is 2.03. The first-order chi connectivity index (χ1) is 8.74. The summed E-state index contributed by atoms with van der Waals surface area (Å²) < 4.78 is 0. The van der Waals surface area contributed by atoms with E-state index in [4.69, 9.17) is 5.26 Å². The Morgan fingerprint density at radius 2 is 2.28 bits per heavy atom. The van der Waals surface area contributed by atoms with E-state index in [1.54, 1.807) is 30.5 Å². The van der Waals surface area contributed by atoms with E-state index in [2.05, 4.69) is 10.3 Å². The molecule has 18 heavy (non-hydrogen) atoms. The van der Waals surface area contributed by atoms with E-state index in [0.29, 0.717) is 16.3 Å². The molecule has 0 atom stereocenters. The lowest BCUT2D eigenvalue weighted by atomic mass is 10.1. The number of hydrogen-bond acceptors (Lipinski definition) is 4. The lowest BCUT2D eigenvalue weighted by Crippen LogP contribution is -2.13. The minimum Gasteiger partial charge on any atom is -0.298 e. The number of nitriles is 1. The zero-order chi connectivity index (χ0) is 13.0. The van der Waals surface area contributed by atoms with Crippen molar-refractivity contribution in [1.82, 2.24) is 4.98 Å². The number of carbonyl (C=O) groups is 1. The Bertz CT molecular complexity index is 613. The fourth-order valence-electron chi connectivity index (χ4n) is 1.47. The van der Waals surface area contributed by atoms with Gasteiger partial charge in [-0.3, -0.25) is 10.1 Å². The second-order valence-electron chi connectivity index (χ2n) is 3.60. The van der Waals surface area contributed by atoms with Gasteiger partial charge in [-0.05, 0) is 18.6 Å². The molecule has 1 aromatic heterocycles. The molecule has 0 spiro atoms. The summed E-state index contributed by atoms with van der Waals surface area (Å²) in [6, 6.07) is 8.71. The van der Waals surface area contributed by atoms with Crippen LogP contribution in [0.3, 0.4) is 0 Å². The molecule has 0 fully saturated rings. The van der Waals surface area contributed by atoms with E-state index < -0.39 is 0 Å². The first-order valence-electron chi connectivity index (χ1n) is 5.49. The number of benzene rings is 1. The summed E-state index contributed by atoms with van der Waals surface area (Å²) in [5.74, 6) is -0.302. The van der Waals surface area contributed by atoms with Crippen LogP contribution in [-0.4, -0.2) is 10.9 Å². The van der Waals surface area contributed by atoms with Crippen LogP contribution in [0.1, 0.15) is 27.7 Å². The average Bonchev–Trinajstić information content (AvgIpc) is 2.86. The van der Waals surface area contributed by atoms with Crippen LogP contribution in [0.15, 0.2) is 30.5 Å². The second kappa shape index (κ2) is 5.43. The Balaban J connectivity index is 2.19. The highest BCUT2D eigenvalue weighted by Crippen LogP contribution is 2.19. The van der Waals surface area contributed by atoms with Gasteiger partial charge in [-0.1, -0.05) is 19.1 Å².